The molecule has 4 rings (SSSR count). The number of hydrogen-bond acceptors (Lipinski definition) is 10. The zero-order valence-corrected chi connectivity index (χ0v) is 20.9. The molecule has 1 aromatic heterocycles. The molecule has 1 aliphatic rings. The van der Waals surface area contributed by atoms with Gasteiger partial charge in [0.2, 0.25) is 16.0 Å². The molecule has 0 aliphatic carbocycles. The van der Waals surface area contributed by atoms with E-state index in [0.717, 1.165) is 11.4 Å². The van der Waals surface area contributed by atoms with E-state index in [9.17, 15) is 18.0 Å². The summed E-state index contributed by atoms with van der Waals surface area (Å²) in [6.45, 7) is 7.89. The Morgan fingerprint density at radius 3 is 2.11 bits per heavy atom. The summed E-state index contributed by atoms with van der Waals surface area (Å²) in [7, 11) is -3.16. The number of piperazine rings is 1. The van der Waals surface area contributed by atoms with Gasteiger partial charge < -0.3 is 20.9 Å². The molecular formula is C23H29N7O4S. The van der Waals surface area contributed by atoms with Gasteiger partial charge in [0.1, 0.15) is 17.2 Å². The van der Waals surface area contributed by atoms with Crippen LogP contribution in [0, 0.1) is 0 Å². The fourth-order valence-corrected chi connectivity index (χ4v) is 4.61. The molecule has 3 N–H and O–H groups in total. The van der Waals surface area contributed by atoms with E-state index >= 15 is 0 Å². The topological polar surface area (TPSA) is 137 Å². The van der Waals surface area contributed by atoms with Crippen LogP contribution in [0.5, 0.6) is 0 Å². The number of aromatic nitrogens is 2. The smallest absolute Gasteiger partial charge is 0.253 e. The number of anilines is 6. The van der Waals surface area contributed by atoms with Crippen LogP contribution in [0.1, 0.15) is 20.8 Å². The second kappa shape index (κ2) is 9.27. The molecule has 1 aliphatic heterocycles. The lowest BCUT2D eigenvalue weighted by molar-refractivity contribution is 0.388. The molecule has 0 atom stereocenters. The second-order valence-corrected chi connectivity index (χ2v) is 11.5. The van der Waals surface area contributed by atoms with Crippen molar-refractivity contribution in [1.29, 1.82) is 0 Å². The van der Waals surface area contributed by atoms with E-state index < -0.39 is 20.9 Å². The van der Waals surface area contributed by atoms with Crippen LogP contribution in [0.2, 0.25) is 0 Å². The Balaban J connectivity index is 1.41. The molecule has 186 valence electrons. The normalized spacial score (nSPS) is 15.3. The second-order valence-electron chi connectivity index (χ2n) is 9.49. The number of hydrogen-bond donors (Lipinski definition) is 3. The number of rotatable bonds is 7. The van der Waals surface area contributed by atoms with Crippen LogP contribution < -0.4 is 31.7 Å². The van der Waals surface area contributed by atoms with Crippen molar-refractivity contribution in [3.05, 3.63) is 57.0 Å². The van der Waals surface area contributed by atoms with Crippen molar-refractivity contribution >= 4 is 44.5 Å². The van der Waals surface area contributed by atoms with E-state index in [0.29, 0.717) is 37.9 Å². The lowest BCUT2D eigenvalue weighted by Gasteiger charge is -2.34. The lowest BCUT2D eigenvalue weighted by Crippen LogP contribution is -2.48. The number of nitrogens with one attached hydrogen (secondary N) is 3. The van der Waals surface area contributed by atoms with Crippen LogP contribution in [-0.4, -0.2) is 60.7 Å². The zero-order valence-electron chi connectivity index (χ0n) is 20.1. The summed E-state index contributed by atoms with van der Waals surface area (Å²) < 4.78 is 24.9. The summed E-state index contributed by atoms with van der Waals surface area (Å²) in [6, 6.07) is 9.30. The maximum absolute atomic E-state index is 12.1. The molecule has 2 aromatic carbocycles. The van der Waals surface area contributed by atoms with Crippen LogP contribution in [0.3, 0.4) is 0 Å². The minimum absolute atomic E-state index is 0.190. The average molecular weight is 500 g/mol. The van der Waals surface area contributed by atoms with Gasteiger partial charge in [-0.3, -0.25) is 9.59 Å². The maximum Gasteiger partial charge on any atom is 0.253 e. The summed E-state index contributed by atoms with van der Waals surface area (Å²) in [4.78, 5) is 34.8. The minimum atomic E-state index is -3.16. The molecule has 3 aromatic rings. The van der Waals surface area contributed by atoms with E-state index in [-0.39, 0.29) is 16.9 Å². The average Bonchev–Trinajstić information content (AvgIpc) is 2.81. The predicted octanol–water partition coefficient (Wildman–Crippen LogP) is 1.85. The molecule has 1 fully saturated rings. The van der Waals surface area contributed by atoms with E-state index in [4.69, 9.17) is 0 Å². The quantitative estimate of drug-likeness (QED) is 0.413. The van der Waals surface area contributed by atoms with Crippen molar-refractivity contribution in [2.45, 2.75) is 26.3 Å². The number of benzene rings is 1. The predicted molar refractivity (Wildman–Crippen MR) is 138 cm³/mol. The van der Waals surface area contributed by atoms with Gasteiger partial charge >= 0.3 is 0 Å². The van der Waals surface area contributed by atoms with E-state index in [1.165, 1.54) is 10.6 Å². The molecule has 0 amide bonds. The first-order chi connectivity index (χ1) is 16.4. The fraction of sp³-hybridized carbons (Fsp3) is 0.391. The van der Waals surface area contributed by atoms with Crippen LogP contribution in [-0.2, 0) is 10.0 Å². The van der Waals surface area contributed by atoms with Gasteiger partial charge in [-0.15, -0.1) is 0 Å². The molecule has 0 spiro atoms. The molecule has 0 unspecified atom stereocenters. The summed E-state index contributed by atoms with van der Waals surface area (Å²) in [5, 5.41) is 9.11. The number of nitrogens with zero attached hydrogens (tertiary/aromatic N) is 4. The third kappa shape index (κ3) is 5.77. The summed E-state index contributed by atoms with van der Waals surface area (Å²) in [5.41, 5.74) is 0.706. The van der Waals surface area contributed by atoms with Crippen molar-refractivity contribution in [2.24, 2.45) is 0 Å². The molecule has 0 saturated carbocycles. The van der Waals surface area contributed by atoms with Gasteiger partial charge in [0, 0.05) is 49.3 Å². The molecule has 12 heteroatoms. The fourth-order valence-electron chi connectivity index (χ4n) is 3.78. The first-order valence-electron chi connectivity index (χ1n) is 11.2. The molecule has 2 heterocycles. The number of sulfonamides is 1. The molecular weight excluding hydrogens is 470 g/mol. The summed E-state index contributed by atoms with van der Waals surface area (Å²) in [5.74, 6) is 0.709. The zero-order chi connectivity index (χ0) is 25.4. The van der Waals surface area contributed by atoms with E-state index in [2.05, 4.69) is 30.8 Å². The van der Waals surface area contributed by atoms with Crippen molar-refractivity contribution in [3.63, 3.8) is 0 Å². The highest BCUT2D eigenvalue weighted by Crippen LogP contribution is 2.24. The van der Waals surface area contributed by atoms with Gasteiger partial charge in [-0.2, -0.15) is 9.29 Å². The van der Waals surface area contributed by atoms with Gasteiger partial charge in [0.25, 0.3) is 10.9 Å². The van der Waals surface area contributed by atoms with Gasteiger partial charge in [-0.05, 0) is 51.1 Å². The highest BCUT2D eigenvalue weighted by Gasteiger charge is 2.25. The standard InChI is InChI=1S/C23H29N7O4S/c1-23(2,3)28-19-18(20(31)21(19)32)26-17-9-10-24-22(27-17)25-15-5-7-16(8-6-15)29-11-13-30(14-12-29)35(4,33)34/h5-10,28H,11-14H2,1-4H3,(H2,24,25,26,27). The van der Waals surface area contributed by atoms with Gasteiger partial charge in [0.05, 0.1) is 6.26 Å². The largest absolute Gasteiger partial charge is 0.375 e. The van der Waals surface area contributed by atoms with E-state index in [1.54, 1.807) is 12.3 Å². The highest BCUT2D eigenvalue weighted by atomic mass is 32.2. The Bertz CT molecular complexity index is 1380. The summed E-state index contributed by atoms with van der Waals surface area (Å²) >= 11 is 0. The molecule has 35 heavy (non-hydrogen) atoms. The Hall–Kier alpha value is -3.51. The molecule has 0 radical (unpaired) electrons. The Kier molecular flexibility index (Phi) is 6.52. The monoisotopic (exact) mass is 499 g/mol. The molecule has 11 nitrogen and oxygen atoms in total. The third-order valence-electron chi connectivity index (χ3n) is 5.52. The summed E-state index contributed by atoms with van der Waals surface area (Å²) in [6.07, 6.45) is 2.79. The molecule has 0 bridgehead atoms. The third-order valence-corrected chi connectivity index (χ3v) is 6.82. The minimum Gasteiger partial charge on any atom is -0.375 e. The maximum atomic E-state index is 12.1. The Morgan fingerprint density at radius 2 is 1.51 bits per heavy atom. The van der Waals surface area contributed by atoms with Crippen LogP contribution in [0.4, 0.5) is 34.5 Å². The Labute approximate surface area is 203 Å². The van der Waals surface area contributed by atoms with Gasteiger partial charge in [-0.1, -0.05) is 0 Å². The first kappa shape index (κ1) is 24.6. The van der Waals surface area contributed by atoms with Gasteiger partial charge in [0.15, 0.2) is 0 Å². The SMILES string of the molecule is CC(C)(C)Nc1c(Nc2ccnc(Nc3ccc(N4CCN(S(C)(=O)=O)CC4)cc3)n2)c(=O)c1=O. The van der Waals surface area contributed by atoms with Gasteiger partial charge in [-0.25, -0.2) is 13.4 Å². The van der Waals surface area contributed by atoms with Crippen molar-refractivity contribution in [3.8, 4) is 0 Å². The van der Waals surface area contributed by atoms with Crippen molar-refractivity contribution in [1.82, 2.24) is 14.3 Å². The van der Waals surface area contributed by atoms with Crippen LogP contribution in [0.25, 0.3) is 0 Å². The van der Waals surface area contributed by atoms with Crippen molar-refractivity contribution < 1.29 is 8.42 Å². The lowest BCUT2D eigenvalue weighted by atomic mass is 10.1. The van der Waals surface area contributed by atoms with Crippen LogP contribution >= 0.6 is 0 Å². The first-order valence-corrected chi connectivity index (χ1v) is 13.0. The highest BCUT2D eigenvalue weighted by molar-refractivity contribution is 7.88. The van der Waals surface area contributed by atoms with E-state index in [1.807, 2.05) is 45.0 Å². The molecule has 1 saturated heterocycles. The Morgan fingerprint density at radius 1 is 0.886 bits per heavy atom. The van der Waals surface area contributed by atoms with Crippen molar-refractivity contribution in [2.75, 3.05) is 53.3 Å². The van der Waals surface area contributed by atoms with Crippen LogP contribution in [0.15, 0.2) is 46.1 Å².